The van der Waals surface area contributed by atoms with E-state index >= 15 is 0 Å². The number of carbonyl (C=O) groups is 1. The van der Waals surface area contributed by atoms with E-state index in [2.05, 4.69) is 48.7 Å². The third kappa shape index (κ3) is 5.46. The molecule has 0 heterocycles. The highest BCUT2D eigenvalue weighted by molar-refractivity contribution is 5.94. The first-order valence-corrected chi connectivity index (χ1v) is 10.0. The van der Waals surface area contributed by atoms with Crippen molar-refractivity contribution in [2.45, 2.75) is 32.4 Å². The third-order valence-electron chi connectivity index (χ3n) is 5.15. The molecule has 0 saturated carbocycles. The number of carbonyl (C=O) groups excluding carboxylic acids is 1. The summed E-state index contributed by atoms with van der Waals surface area (Å²) in [4.78, 5) is 13.3. The zero-order chi connectivity index (χ0) is 20.6. The summed E-state index contributed by atoms with van der Waals surface area (Å²) in [5, 5.41) is 5.22. The van der Waals surface area contributed by atoms with Crippen LogP contribution in [0.1, 0.15) is 42.1 Å². The smallest absolute Gasteiger partial charge is 0.287 e. The molecule has 0 fully saturated rings. The lowest BCUT2D eigenvalue weighted by Crippen LogP contribution is -2.88. The number of hydrogen-bond donors (Lipinski definition) is 2. The van der Waals surface area contributed by atoms with E-state index in [0.717, 1.165) is 17.7 Å². The zero-order valence-corrected chi connectivity index (χ0v) is 17.3. The highest BCUT2D eigenvalue weighted by atomic mass is 16.5. The Labute approximate surface area is 172 Å². The Balaban J connectivity index is 1.85. The van der Waals surface area contributed by atoms with Gasteiger partial charge in [0.1, 0.15) is 11.8 Å². The van der Waals surface area contributed by atoms with Crippen molar-refractivity contribution in [2.24, 2.45) is 0 Å². The van der Waals surface area contributed by atoms with Crippen LogP contribution in [0, 0.1) is 6.92 Å². The third-order valence-corrected chi connectivity index (χ3v) is 5.15. The second-order valence-electron chi connectivity index (χ2n) is 7.23. The fraction of sp³-hybridized carbons (Fsp3) is 0.240. The molecule has 1 amide bonds. The quantitative estimate of drug-likeness (QED) is 0.600. The maximum atomic E-state index is 13.3. The summed E-state index contributed by atoms with van der Waals surface area (Å²) >= 11 is 0. The number of rotatable bonds is 8. The molecule has 3 aromatic carbocycles. The molecule has 2 atom stereocenters. The van der Waals surface area contributed by atoms with Crippen molar-refractivity contribution in [2.75, 3.05) is 12.4 Å². The number of nitrogens with two attached hydrogens (primary N) is 1. The van der Waals surface area contributed by atoms with E-state index < -0.39 is 0 Å². The summed E-state index contributed by atoms with van der Waals surface area (Å²) < 4.78 is 5.27. The number of benzene rings is 3. The molecule has 29 heavy (non-hydrogen) atoms. The number of amides is 1. The van der Waals surface area contributed by atoms with Gasteiger partial charge in [0, 0.05) is 29.3 Å². The van der Waals surface area contributed by atoms with Gasteiger partial charge in [-0.05, 0) is 19.1 Å². The predicted molar refractivity (Wildman–Crippen MR) is 117 cm³/mol. The van der Waals surface area contributed by atoms with Crippen LogP contribution in [0.4, 0.5) is 5.69 Å². The molecule has 0 spiro atoms. The maximum absolute atomic E-state index is 13.3. The molecule has 3 N–H and O–H groups in total. The lowest BCUT2D eigenvalue weighted by atomic mass is 9.99. The fourth-order valence-electron chi connectivity index (χ4n) is 3.46. The van der Waals surface area contributed by atoms with E-state index in [0.29, 0.717) is 5.75 Å². The van der Waals surface area contributed by atoms with Gasteiger partial charge in [-0.1, -0.05) is 73.2 Å². The van der Waals surface area contributed by atoms with Crippen LogP contribution < -0.4 is 15.4 Å². The summed E-state index contributed by atoms with van der Waals surface area (Å²) in [6.45, 7) is 4.24. The van der Waals surface area contributed by atoms with Crippen LogP contribution in [0.15, 0.2) is 78.9 Å². The van der Waals surface area contributed by atoms with Crippen LogP contribution in [0.5, 0.6) is 5.75 Å². The summed E-state index contributed by atoms with van der Waals surface area (Å²) in [5.41, 5.74) is 4.18. The van der Waals surface area contributed by atoms with Gasteiger partial charge >= 0.3 is 0 Å². The van der Waals surface area contributed by atoms with Gasteiger partial charge in [0.2, 0.25) is 0 Å². The Hall–Kier alpha value is -3.11. The number of quaternary nitrogens is 1. The minimum Gasteiger partial charge on any atom is -0.497 e. The fourth-order valence-corrected chi connectivity index (χ4v) is 3.46. The van der Waals surface area contributed by atoms with E-state index in [-0.39, 0.29) is 18.0 Å². The van der Waals surface area contributed by atoms with Gasteiger partial charge in [-0.15, -0.1) is 0 Å². The molecule has 0 saturated heterocycles. The normalized spacial score (nSPS) is 12.8. The molecular weight excluding hydrogens is 360 g/mol. The largest absolute Gasteiger partial charge is 0.497 e. The average Bonchev–Trinajstić information content (AvgIpc) is 2.76. The van der Waals surface area contributed by atoms with Crippen molar-refractivity contribution < 1.29 is 14.8 Å². The monoisotopic (exact) mass is 389 g/mol. The molecule has 0 aliphatic heterocycles. The standard InChI is InChI=1S/C25H28N2O2/c1-4-23(19-15-13-18(2)14-16-19)27-24(20-9-6-5-7-10-20)25(28)26-21-11-8-12-22(17-21)29-3/h5-17,23-24,27H,4H2,1-3H3,(H,26,28)/p+1/t23-,24-/m0/s1. The van der Waals surface area contributed by atoms with Crippen molar-refractivity contribution in [1.82, 2.24) is 0 Å². The Kier molecular flexibility index (Phi) is 7.04. The van der Waals surface area contributed by atoms with Gasteiger partial charge in [-0.3, -0.25) is 4.79 Å². The van der Waals surface area contributed by atoms with Crippen molar-refractivity contribution in [3.05, 3.63) is 95.6 Å². The molecule has 3 aromatic rings. The number of ether oxygens (including phenoxy) is 1. The number of anilines is 1. The van der Waals surface area contributed by atoms with Gasteiger partial charge in [-0.2, -0.15) is 0 Å². The first-order chi connectivity index (χ1) is 14.1. The second kappa shape index (κ2) is 9.89. The maximum Gasteiger partial charge on any atom is 0.287 e. The first-order valence-electron chi connectivity index (χ1n) is 10.0. The molecular formula is C25H29N2O2+. The van der Waals surface area contributed by atoms with Crippen LogP contribution >= 0.6 is 0 Å². The summed E-state index contributed by atoms with van der Waals surface area (Å²) in [6, 6.07) is 25.8. The number of methoxy groups -OCH3 is 1. The van der Waals surface area contributed by atoms with Gasteiger partial charge < -0.3 is 15.4 Å². The van der Waals surface area contributed by atoms with E-state index in [1.807, 2.05) is 54.6 Å². The number of hydrogen-bond acceptors (Lipinski definition) is 2. The highest BCUT2D eigenvalue weighted by Crippen LogP contribution is 2.20. The van der Waals surface area contributed by atoms with Crippen molar-refractivity contribution in [3.8, 4) is 5.75 Å². The minimum absolute atomic E-state index is 0.0463. The van der Waals surface area contributed by atoms with Crippen LogP contribution in [0.2, 0.25) is 0 Å². The predicted octanol–water partition coefficient (Wildman–Crippen LogP) is 4.40. The lowest BCUT2D eigenvalue weighted by molar-refractivity contribution is -0.722. The summed E-state index contributed by atoms with van der Waals surface area (Å²) in [7, 11) is 1.62. The molecule has 0 radical (unpaired) electrons. The lowest BCUT2D eigenvalue weighted by Gasteiger charge is -2.22. The minimum atomic E-state index is -0.353. The molecule has 4 heteroatoms. The highest BCUT2D eigenvalue weighted by Gasteiger charge is 2.28. The van der Waals surface area contributed by atoms with Crippen molar-refractivity contribution in [1.29, 1.82) is 0 Å². The van der Waals surface area contributed by atoms with E-state index in [4.69, 9.17) is 4.74 Å². The molecule has 0 aliphatic carbocycles. The Morgan fingerprint density at radius 3 is 2.34 bits per heavy atom. The molecule has 0 bridgehead atoms. The number of aryl methyl sites for hydroxylation is 1. The first kappa shape index (κ1) is 20.6. The van der Waals surface area contributed by atoms with Crippen LogP contribution in [-0.2, 0) is 4.79 Å². The number of nitrogens with one attached hydrogen (secondary N) is 1. The van der Waals surface area contributed by atoms with Gasteiger partial charge in [0.15, 0.2) is 6.04 Å². The van der Waals surface area contributed by atoms with Crippen LogP contribution in [-0.4, -0.2) is 13.0 Å². The van der Waals surface area contributed by atoms with E-state index in [9.17, 15) is 4.79 Å². The van der Waals surface area contributed by atoms with E-state index in [1.54, 1.807) is 7.11 Å². The molecule has 150 valence electrons. The van der Waals surface area contributed by atoms with Crippen LogP contribution in [0.25, 0.3) is 0 Å². The topological polar surface area (TPSA) is 54.9 Å². The Bertz CT molecular complexity index is 923. The second-order valence-corrected chi connectivity index (χ2v) is 7.23. The van der Waals surface area contributed by atoms with Gasteiger partial charge in [0.05, 0.1) is 7.11 Å². The Morgan fingerprint density at radius 1 is 0.966 bits per heavy atom. The van der Waals surface area contributed by atoms with Gasteiger partial charge in [0.25, 0.3) is 5.91 Å². The van der Waals surface area contributed by atoms with E-state index in [1.165, 1.54) is 11.1 Å². The SMILES string of the molecule is CC[C@H]([NH2+][C@H](C(=O)Nc1cccc(OC)c1)c1ccccc1)c1ccc(C)cc1. The Morgan fingerprint density at radius 2 is 1.69 bits per heavy atom. The molecule has 0 aliphatic rings. The molecule has 0 unspecified atom stereocenters. The summed E-state index contributed by atoms with van der Waals surface area (Å²) in [5.74, 6) is 0.671. The van der Waals surface area contributed by atoms with Crippen molar-refractivity contribution in [3.63, 3.8) is 0 Å². The van der Waals surface area contributed by atoms with Crippen molar-refractivity contribution >= 4 is 11.6 Å². The van der Waals surface area contributed by atoms with Gasteiger partial charge in [-0.25, -0.2) is 0 Å². The molecule has 0 aromatic heterocycles. The zero-order valence-electron chi connectivity index (χ0n) is 17.3. The molecule has 4 nitrogen and oxygen atoms in total. The molecule has 3 rings (SSSR count). The summed E-state index contributed by atoms with van der Waals surface area (Å²) in [6.07, 6.45) is 0.929. The van der Waals surface area contributed by atoms with Crippen LogP contribution in [0.3, 0.4) is 0 Å². The average molecular weight is 390 g/mol.